The molecule has 3 aliphatic heterocycles. The van der Waals surface area contributed by atoms with Gasteiger partial charge in [0.2, 0.25) is 0 Å². The third-order valence-corrected chi connectivity index (χ3v) is 4.66. The summed E-state index contributed by atoms with van der Waals surface area (Å²) in [6.07, 6.45) is -0.125. The molecule has 4 rings (SSSR count). The summed E-state index contributed by atoms with van der Waals surface area (Å²) in [5, 5.41) is 11.1. The molecule has 0 spiro atoms. The molecule has 0 saturated heterocycles. The smallest absolute Gasteiger partial charge is 0.363 e. The van der Waals surface area contributed by atoms with Gasteiger partial charge in [-0.15, -0.1) is 0 Å². The van der Waals surface area contributed by atoms with Crippen molar-refractivity contribution in [2.24, 2.45) is 10.1 Å². The number of hydrogen-bond acceptors (Lipinski definition) is 7. The van der Waals surface area contributed by atoms with Gasteiger partial charge >= 0.3 is 6.18 Å². The lowest BCUT2D eigenvalue weighted by Gasteiger charge is -2.35. The van der Waals surface area contributed by atoms with E-state index in [4.69, 9.17) is 0 Å². The fourth-order valence-electron chi connectivity index (χ4n) is 3.40. The summed E-state index contributed by atoms with van der Waals surface area (Å²) >= 11 is 0. The third-order valence-electron chi connectivity index (χ3n) is 4.66. The fourth-order valence-corrected chi connectivity index (χ4v) is 3.40. The number of nitrogens with zero attached hydrogens (tertiary/aromatic N) is 3. The number of amidine groups is 1. The van der Waals surface area contributed by atoms with Crippen LogP contribution in [0.5, 0.6) is 0 Å². The third kappa shape index (κ3) is 3.68. The molecule has 3 aliphatic rings. The van der Waals surface area contributed by atoms with Crippen molar-refractivity contribution in [2.45, 2.75) is 25.3 Å². The Morgan fingerprint density at radius 3 is 2.79 bits per heavy atom. The largest absolute Gasteiger partial charge is 0.416 e. The first kappa shape index (κ1) is 19.0. The van der Waals surface area contributed by atoms with Gasteiger partial charge in [-0.25, -0.2) is 10.4 Å². The van der Waals surface area contributed by atoms with E-state index in [1.54, 1.807) is 25.1 Å². The molecule has 3 heterocycles. The van der Waals surface area contributed by atoms with Gasteiger partial charge in [0, 0.05) is 5.70 Å². The molecule has 29 heavy (non-hydrogen) atoms. The van der Waals surface area contributed by atoms with Crippen LogP contribution in [0.3, 0.4) is 0 Å². The highest BCUT2D eigenvalue weighted by Gasteiger charge is 2.39. The van der Waals surface area contributed by atoms with E-state index >= 15 is 0 Å². The monoisotopic (exact) mass is 405 g/mol. The van der Waals surface area contributed by atoms with Crippen molar-refractivity contribution in [3.63, 3.8) is 0 Å². The van der Waals surface area contributed by atoms with Crippen molar-refractivity contribution in [1.29, 1.82) is 0 Å². The molecular formula is C18H18F3N7O. The molecule has 8 nitrogen and oxygen atoms in total. The Kier molecular flexibility index (Phi) is 4.74. The van der Waals surface area contributed by atoms with Gasteiger partial charge in [-0.2, -0.15) is 18.3 Å². The number of allylic oxidation sites excluding steroid dienone is 1. The molecule has 2 atom stereocenters. The van der Waals surface area contributed by atoms with Gasteiger partial charge in [0.15, 0.2) is 0 Å². The number of aliphatic imine (C=N–C) groups is 1. The molecule has 0 aliphatic carbocycles. The van der Waals surface area contributed by atoms with Crippen molar-refractivity contribution >= 4 is 18.0 Å². The van der Waals surface area contributed by atoms with Crippen molar-refractivity contribution < 1.29 is 18.0 Å². The SMILES string of the molecule is CC1=C(C(=O)NC2=NCNN=C2)N2NC(c3ccccc3C(F)(F)F)C=CC2N1. The summed E-state index contributed by atoms with van der Waals surface area (Å²) in [6, 6.07) is 4.62. The standard InChI is InChI=1S/C18H18F3N7O/c1-10-16(17(29)26-14-8-23-24-9-22-14)28-15(25-10)7-6-13(27-28)11-4-2-3-5-12(11)18(19,20)21/h2-8,13,15,24-25,27H,9H2,1H3,(H,22,26,29). The molecule has 0 fully saturated rings. The summed E-state index contributed by atoms with van der Waals surface area (Å²) < 4.78 is 40.3. The lowest BCUT2D eigenvalue weighted by molar-refractivity contribution is -0.138. The van der Waals surface area contributed by atoms with Gasteiger partial charge in [-0.1, -0.05) is 24.3 Å². The first-order valence-corrected chi connectivity index (χ1v) is 8.83. The molecular weight excluding hydrogens is 387 g/mol. The van der Waals surface area contributed by atoms with E-state index < -0.39 is 29.9 Å². The van der Waals surface area contributed by atoms with Gasteiger partial charge in [-0.05, 0) is 24.6 Å². The Morgan fingerprint density at radius 1 is 1.28 bits per heavy atom. The molecule has 11 heteroatoms. The maximum Gasteiger partial charge on any atom is 0.416 e. The van der Waals surface area contributed by atoms with Crippen molar-refractivity contribution in [3.8, 4) is 0 Å². The van der Waals surface area contributed by atoms with Crippen molar-refractivity contribution in [2.75, 3.05) is 6.67 Å². The van der Waals surface area contributed by atoms with Gasteiger partial charge in [-0.3, -0.25) is 15.2 Å². The van der Waals surface area contributed by atoms with Crippen LogP contribution in [-0.2, 0) is 11.0 Å². The van der Waals surface area contributed by atoms with Crippen LogP contribution in [0.1, 0.15) is 24.1 Å². The summed E-state index contributed by atoms with van der Waals surface area (Å²) in [5.74, 6) is -0.153. The Hall–Kier alpha value is -3.34. The second kappa shape index (κ2) is 7.24. The number of carbonyl (C=O) groups excluding carboxylic acids is 1. The highest BCUT2D eigenvalue weighted by atomic mass is 19.4. The second-order valence-corrected chi connectivity index (χ2v) is 6.58. The maximum absolute atomic E-state index is 13.4. The highest BCUT2D eigenvalue weighted by molar-refractivity contribution is 6.34. The number of alkyl halides is 3. The summed E-state index contributed by atoms with van der Waals surface area (Å²) in [5.41, 5.74) is 5.86. The number of fused-ring (bicyclic) bond motifs is 1. The second-order valence-electron chi connectivity index (χ2n) is 6.58. The number of hydrazine groups is 1. The molecule has 2 unspecified atom stereocenters. The number of benzene rings is 1. The zero-order chi connectivity index (χ0) is 20.6. The normalized spacial score (nSPS) is 23.3. The van der Waals surface area contributed by atoms with Crippen molar-refractivity contribution in [1.82, 2.24) is 26.5 Å². The first-order valence-electron chi connectivity index (χ1n) is 8.83. The number of halogens is 3. The fraction of sp³-hybridized carbons (Fsp3) is 0.278. The zero-order valence-corrected chi connectivity index (χ0v) is 15.3. The Bertz CT molecular complexity index is 951. The number of amides is 1. The van der Waals surface area contributed by atoms with Gasteiger partial charge < -0.3 is 10.6 Å². The zero-order valence-electron chi connectivity index (χ0n) is 15.3. The van der Waals surface area contributed by atoms with Crippen LogP contribution < -0.4 is 21.5 Å². The molecule has 1 aromatic rings. The summed E-state index contributed by atoms with van der Waals surface area (Å²) in [4.78, 5) is 16.9. The minimum Gasteiger partial charge on any atom is -0.363 e. The molecule has 0 saturated carbocycles. The molecule has 1 amide bonds. The van der Waals surface area contributed by atoms with Crippen LogP contribution in [-0.4, -0.2) is 35.8 Å². The lowest BCUT2D eigenvalue weighted by Crippen LogP contribution is -2.51. The lowest BCUT2D eigenvalue weighted by atomic mass is 9.99. The Balaban J connectivity index is 1.59. The molecule has 0 bridgehead atoms. The minimum absolute atomic E-state index is 0.0777. The quantitative estimate of drug-likeness (QED) is 0.558. The number of hydrogen-bond donors (Lipinski definition) is 4. The van der Waals surface area contributed by atoms with E-state index in [1.807, 2.05) is 0 Å². The van der Waals surface area contributed by atoms with E-state index in [2.05, 4.69) is 31.6 Å². The number of carbonyl (C=O) groups is 1. The van der Waals surface area contributed by atoms with E-state index in [9.17, 15) is 18.0 Å². The number of hydrazone groups is 1. The van der Waals surface area contributed by atoms with E-state index in [0.717, 1.165) is 6.07 Å². The van der Waals surface area contributed by atoms with Crippen LogP contribution in [0.25, 0.3) is 0 Å². The van der Waals surface area contributed by atoms with Crippen LogP contribution >= 0.6 is 0 Å². The minimum atomic E-state index is -4.48. The number of rotatable bonds is 2. The van der Waals surface area contributed by atoms with Crippen LogP contribution in [0, 0.1) is 0 Å². The van der Waals surface area contributed by atoms with Crippen LogP contribution in [0.2, 0.25) is 0 Å². The predicted molar refractivity (Wildman–Crippen MR) is 100.0 cm³/mol. The van der Waals surface area contributed by atoms with Crippen LogP contribution in [0.4, 0.5) is 13.2 Å². The molecule has 0 aromatic heterocycles. The Labute approximate surface area is 164 Å². The van der Waals surface area contributed by atoms with Gasteiger partial charge in [0.25, 0.3) is 5.91 Å². The molecule has 1 aromatic carbocycles. The van der Waals surface area contributed by atoms with E-state index in [0.29, 0.717) is 11.5 Å². The summed E-state index contributed by atoms with van der Waals surface area (Å²) in [7, 11) is 0. The van der Waals surface area contributed by atoms with E-state index in [1.165, 1.54) is 23.4 Å². The maximum atomic E-state index is 13.4. The predicted octanol–water partition coefficient (Wildman–Crippen LogP) is 1.34. The van der Waals surface area contributed by atoms with Gasteiger partial charge in [0.1, 0.15) is 24.4 Å². The topological polar surface area (TPSA) is 93.1 Å². The molecule has 152 valence electrons. The molecule has 4 N–H and O–H groups in total. The summed E-state index contributed by atoms with van der Waals surface area (Å²) in [6.45, 7) is 1.96. The first-order chi connectivity index (χ1) is 13.8. The van der Waals surface area contributed by atoms with E-state index in [-0.39, 0.29) is 17.9 Å². The van der Waals surface area contributed by atoms with Gasteiger partial charge in [0.05, 0.1) is 17.8 Å². The highest BCUT2D eigenvalue weighted by Crippen LogP contribution is 2.36. The van der Waals surface area contributed by atoms with Crippen molar-refractivity contribution in [3.05, 3.63) is 58.9 Å². The Morgan fingerprint density at radius 2 is 2.07 bits per heavy atom. The number of nitrogens with one attached hydrogen (secondary N) is 4. The van der Waals surface area contributed by atoms with Crippen LogP contribution in [0.15, 0.2) is 57.9 Å². The molecule has 0 radical (unpaired) electrons. The average Bonchev–Trinajstić information content (AvgIpc) is 3.03. The average molecular weight is 405 g/mol.